The SMILES string of the molecule is CCc1ccc(NC(=O)CN(CC)CC(C)(C)O)cc1. The second kappa shape index (κ2) is 7.41. The van der Waals surface area contributed by atoms with Crippen molar-refractivity contribution in [3.8, 4) is 0 Å². The van der Waals surface area contributed by atoms with Gasteiger partial charge in [-0.25, -0.2) is 0 Å². The summed E-state index contributed by atoms with van der Waals surface area (Å²) in [5.74, 6) is -0.0552. The Labute approximate surface area is 121 Å². The maximum atomic E-state index is 12.0. The zero-order valence-electron chi connectivity index (χ0n) is 12.9. The van der Waals surface area contributed by atoms with Crippen LogP contribution < -0.4 is 5.32 Å². The molecule has 0 heterocycles. The van der Waals surface area contributed by atoms with E-state index in [2.05, 4.69) is 12.2 Å². The smallest absolute Gasteiger partial charge is 0.238 e. The second-order valence-electron chi connectivity index (χ2n) is 5.71. The highest BCUT2D eigenvalue weighted by Crippen LogP contribution is 2.10. The van der Waals surface area contributed by atoms with E-state index in [1.165, 1.54) is 5.56 Å². The van der Waals surface area contributed by atoms with E-state index in [4.69, 9.17) is 0 Å². The number of aliphatic hydroxyl groups is 1. The summed E-state index contributed by atoms with van der Waals surface area (Å²) in [5, 5.41) is 12.7. The van der Waals surface area contributed by atoms with Crippen LogP contribution in [-0.4, -0.2) is 41.1 Å². The maximum Gasteiger partial charge on any atom is 0.238 e. The number of benzene rings is 1. The highest BCUT2D eigenvalue weighted by molar-refractivity contribution is 5.92. The van der Waals surface area contributed by atoms with Gasteiger partial charge in [0, 0.05) is 12.2 Å². The van der Waals surface area contributed by atoms with Gasteiger partial charge >= 0.3 is 0 Å². The van der Waals surface area contributed by atoms with Crippen LogP contribution in [0.1, 0.15) is 33.3 Å². The zero-order chi connectivity index (χ0) is 15.2. The van der Waals surface area contributed by atoms with Gasteiger partial charge in [0.25, 0.3) is 0 Å². The molecule has 0 radical (unpaired) electrons. The molecule has 1 aromatic carbocycles. The minimum absolute atomic E-state index is 0.0552. The Kier molecular flexibility index (Phi) is 6.17. The topological polar surface area (TPSA) is 52.6 Å². The summed E-state index contributed by atoms with van der Waals surface area (Å²) in [4.78, 5) is 13.9. The number of nitrogens with zero attached hydrogens (tertiary/aromatic N) is 1. The molecule has 0 fully saturated rings. The maximum absolute atomic E-state index is 12.0. The van der Waals surface area contributed by atoms with Crippen LogP contribution in [0.25, 0.3) is 0 Å². The second-order valence-corrected chi connectivity index (χ2v) is 5.71. The van der Waals surface area contributed by atoms with Gasteiger partial charge in [0.15, 0.2) is 0 Å². The van der Waals surface area contributed by atoms with Gasteiger partial charge in [-0.1, -0.05) is 26.0 Å². The molecule has 112 valence electrons. The fourth-order valence-electron chi connectivity index (χ4n) is 2.05. The minimum atomic E-state index is -0.793. The molecule has 1 amide bonds. The normalized spacial score (nSPS) is 11.7. The predicted octanol–water partition coefficient (Wildman–Crippen LogP) is 2.28. The molecule has 0 bridgehead atoms. The van der Waals surface area contributed by atoms with Gasteiger partial charge in [0.2, 0.25) is 5.91 Å². The quantitative estimate of drug-likeness (QED) is 0.804. The Balaban J connectivity index is 2.52. The van der Waals surface area contributed by atoms with E-state index in [1.807, 2.05) is 36.1 Å². The van der Waals surface area contributed by atoms with Crippen LogP contribution in [0.4, 0.5) is 5.69 Å². The van der Waals surface area contributed by atoms with E-state index in [-0.39, 0.29) is 12.5 Å². The Hall–Kier alpha value is -1.39. The number of carbonyl (C=O) groups excluding carboxylic acids is 1. The molecule has 0 aliphatic carbocycles. The van der Waals surface area contributed by atoms with Crippen molar-refractivity contribution in [1.82, 2.24) is 4.90 Å². The lowest BCUT2D eigenvalue weighted by Gasteiger charge is -2.27. The van der Waals surface area contributed by atoms with Crippen molar-refractivity contribution < 1.29 is 9.90 Å². The molecule has 0 spiro atoms. The van der Waals surface area contributed by atoms with Crippen molar-refractivity contribution in [2.24, 2.45) is 0 Å². The number of rotatable bonds is 7. The Morgan fingerprint density at radius 2 is 1.85 bits per heavy atom. The van der Waals surface area contributed by atoms with E-state index >= 15 is 0 Å². The number of nitrogens with one attached hydrogen (secondary N) is 1. The predicted molar refractivity (Wildman–Crippen MR) is 82.9 cm³/mol. The van der Waals surface area contributed by atoms with Crippen LogP contribution in [0.3, 0.4) is 0 Å². The number of hydrogen-bond donors (Lipinski definition) is 2. The summed E-state index contributed by atoms with van der Waals surface area (Å²) in [6, 6.07) is 7.88. The molecule has 4 heteroatoms. The van der Waals surface area contributed by atoms with E-state index < -0.39 is 5.60 Å². The molecule has 0 saturated heterocycles. The fourth-order valence-corrected chi connectivity index (χ4v) is 2.05. The Morgan fingerprint density at radius 3 is 2.30 bits per heavy atom. The van der Waals surface area contributed by atoms with Gasteiger partial charge in [-0.3, -0.25) is 9.69 Å². The van der Waals surface area contributed by atoms with Crippen LogP contribution in [0.15, 0.2) is 24.3 Å². The first kappa shape index (κ1) is 16.7. The molecular formula is C16H26N2O2. The molecule has 1 rings (SSSR count). The van der Waals surface area contributed by atoms with Crippen LogP contribution in [0.5, 0.6) is 0 Å². The van der Waals surface area contributed by atoms with Gasteiger partial charge in [-0.2, -0.15) is 0 Å². The van der Waals surface area contributed by atoms with E-state index in [0.717, 1.165) is 18.7 Å². The fraction of sp³-hybridized carbons (Fsp3) is 0.562. The molecule has 0 aliphatic heterocycles. The first-order valence-corrected chi connectivity index (χ1v) is 7.17. The average molecular weight is 278 g/mol. The lowest BCUT2D eigenvalue weighted by Crippen LogP contribution is -2.42. The van der Waals surface area contributed by atoms with E-state index in [9.17, 15) is 9.90 Å². The molecule has 0 aromatic heterocycles. The van der Waals surface area contributed by atoms with E-state index in [0.29, 0.717) is 6.54 Å². The average Bonchev–Trinajstić information content (AvgIpc) is 2.37. The highest BCUT2D eigenvalue weighted by atomic mass is 16.3. The molecule has 0 saturated carbocycles. The molecular weight excluding hydrogens is 252 g/mol. The van der Waals surface area contributed by atoms with Gasteiger partial charge in [0.05, 0.1) is 12.1 Å². The highest BCUT2D eigenvalue weighted by Gasteiger charge is 2.19. The summed E-state index contributed by atoms with van der Waals surface area (Å²) < 4.78 is 0. The summed E-state index contributed by atoms with van der Waals surface area (Å²) in [6.07, 6.45) is 0.990. The number of likely N-dealkylation sites (N-methyl/N-ethyl adjacent to an activating group) is 1. The molecule has 0 unspecified atom stereocenters. The minimum Gasteiger partial charge on any atom is -0.389 e. The molecule has 1 aromatic rings. The lowest BCUT2D eigenvalue weighted by atomic mass is 10.1. The number of carbonyl (C=O) groups is 1. The molecule has 0 aliphatic rings. The first-order chi connectivity index (χ1) is 9.34. The zero-order valence-corrected chi connectivity index (χ0v) is 12.9. The van der Waals surface area contributed by atoms with Crippen molar-refractivity contribution in [3.05, 3.63) is 29.8 Å². The number of hydrogen-bond acceptors (Lipinski definition) is 3. The van der Waals surface area contributed by atoms with Crippen molar-refractivity contribution in [3.63, 3.8) is 0 Å². The van der Waals surface area contributed by atoms with Crippen LogP contribution in [-0.2, 0) is 11.2 Å². The van der Waals surface area contributed by atoms with Crippen molar-refractivity contribution in [2.45, 2.75) is 39.7 Å². The van der Waals surface area contributed by atoms with Gasteiger partial charge < -0.3 is 10.4 Å². The van der Waals surface area contributed by atoms with Gasteiger partial charge in [0.1, 0.15) is 0 Å². The lowest BCUT2D eigenvalue weighted by molar-refractivity contribution is -0.117. The number of amides is 1. The summed E-state index contributed by atoms with van der Waals surface area (Å²) in [5.41, 5.74) is 1.27. The van der Waals surface area contributed by atoms with Gasteiger partial charge in [-0.05, 0) is 44.5 Å². The Morgan fingerprint density at radius 1 is 1.25 bits per heavy atom. The number of anilines is 1. The van der Waals surface area contributed by atoms with Crippen LogP contribution >= 0.6 is 0 Å². The van der Waals surface area contributed by atoms with Crippen molar-refractivity contribution >= 4 is 11.6 Å². The molecule has 4 nitrogen and oxygen atoms in total. The standard InChI is InChI=1S/C16H26N2O2/c1-5-13-7-9-14(10-8-13)17-15(19)11-18(6-2)12-16(3,4)20/h7-10,20H,5-6,11-12H2,1-4H3,(H,17,19). The third kappa shape index (κ3) is 6.17. The van der Waals surface area contributed by atoms with Crippen molar-refractivity contribution in [2.75, 3.05) is 25.0 Å². The van der Waals surface area contributed by atoms with Gasteiger partial charge in [-0.15, -0.1) is 0 Å². The van der Waals surface area contributed by atoms with Crippen molar-refractivity contribution in [1.29, 1.82) is 0 Å². The monoisotopic (exact) mass is 278 g/mol. The Bertz CT molecular complexity index is 421. The number of aryl methyl sites for hydroxylation is 1. The molecule has 2 N–H and O–H groups in total. The third-order valence-corrected chi connectivity index (χ3v) is 3.07. The largest absolute Gasteiger partial charge is 0.389 e. The summed E-state index contributed by atoms with van der Waals surface area (Å²) >= 11 is 0. The molecule has 0 atom stereocenters. The van der Waals surface area contributed by atoms with Crippen LogP contribution in [0.2, 0.25) is 0 Å². The van der Waals surface area contributed by atoms with E-state index in [1.54, 1.807) is 13.8 Å². The molecule has 20 heavy (non-hydrogen) atoms. The van der Waals surface area contributed by atoms with Crippen LogP contribution in [0, 0.1) is 0 Å². The third-order valence-electron chi connectivity index (χ3n) is 3.07. The summed E-state index contributed by atoms with van der Waals surface area (Å²) in [6.45, 7) is 9.07. The summed E-state index contributed by atoms with van der Waals surface area (Å²) in [7, 11) is 0. The first-order valence-electron chi connectivity index (χ1n) is 7.17.